The van der Waals surface area contributed by atoms with E-state index < -0.39 is 7.92 Å². The van der Waals surface area contributed by atoms with Crippen LogP contribution in [0.4, 0.5) is 0 Å². The summed E-state index contributed by atoms with van der Waals surface area (Å²) in [6, 6.07) is 37.0. The van der Waals surface area contributed by atoms with Gasteiger partial charge in [-0.1, -0.05) is 116 Å². The fourth-order valence-electron chi connectivity index (χ4n) is 4.51. The van der Waals surface area contributed by atoms with Gasteiger partial charge < -0.3 is 5.32 Å². The van der Waals surface area contributed by atoms with Crippen LogP contribution in [0.5, 0.6) is 0 Å². The molecule has 1 aliphatic carbocycles. The van der Waals surface area contributed by atoms with E-state index >= 15 is 0 Å². The predicted molar refractivity (Wildman–Crippen MR) is 143 cm³/mol. The Balaban J connectivity index is 0.00000133. The second kappa shape index (κ2) is 13.3. The summed E-state index contributed by atoms with van der Waals surface area (Å²) >= 11 is 0.847. The Labute approximate surface area is 218 Å². The Bertz CT molecular complexity index is 1100. The van der Waals surface area contributed by atoms with Crippen molar-refractivity contribution in [2.24, 2.45) is 0 Å². The van der Waals surface area contributed by atoms with Crippen molar-refractivity contribution < 1.29 is 17.3 Å². The summed E-state index contributed by atoms with van der Waals surface area (Å²) in [5.74, 6) is 0. The van der Waals surface area contributed by atoms with Crippen LogP contribution < -0.4 is 10.6 Å². The molecule has 1 aromatic heterocycles. The van der Waals surface area contributed by atoms with E-state index in [0.29, 0.717) is 0 Å². The van der Waals surface area contributed by atoms with Crippen LogP contribution >= 0.6 is 17.6 Å². The van der Waals surface area contributed by atoms with Gasteiger partial charge in [-0.05, 0) is 42.7 Å². The Kier molecular flexibility index (Phi) is 9.84. The molecule has 4 aromatic rings. The minimum Gasteiger partial charge on any atom is -0.654 e. The van der Waals surface area contributed by atoms with E-state index in [2.05, 4.69) is 103 Å². The summed E-state index contributed by atoms with van der Waals surface area (Å²) in [7, 11) is 4.36. The summed E-state index contributed by atoms with van der Waals surface area (Å²) < 4.78 is 0. The number of rotatable bonds is 7. The molecule has 0 amide bonds. The summed E-state index contributed by atoms with van der Waals surface area (Å²) in [5.41, 5.74) is 4.80. The third-order valence-corrected chi connectivity index (χ3v) is 8.62. The third-order valence-electron chi connectivity index (χ3n) is 6.13. The largest absolute Gasteiger partial charge is 0.654 e. The van der Waals surface area contributed by atoms with Crippen molar-refractivity contribution in [3.8, 4) is 11.3 Å². The second-order valence-corrected chi connectivity index (χ2v) is 10.6. The zero-order valence-corrected chi connectivity index (χ0v) is 24.0. The average Bonchev–Trinajstić information content (AvgIpc) is 2.93. The van der Waals surface area contributed by atoms with Gasteiger partial charge in [-0.3, -0.25) is 4.98 Å². The quantitative estimate of drug-likeness (QED) is 0.180. The Morgan fingerprint density at radius 3 is 2.00 bits per heavy atom. The molecule has 3 aromatic carbocycles. The molecule has 34 heavy (non-hydrogen) atoms. The van der Waals surface area contributed by atoms with Crippen LogP contribution in [0.25, 0.3) is 16.6 Å². The molecule has 0 N–H and O–H groups in total. The van der Waals surface area contributed by atoms with Crippen molar-refractivity contribution in [1.29, 1.82) is 0 Å². The van der Waals surface area contributed by atoms with E-state index in [9.17, 15) is 0 Å². The monoisotopic (exact) mass is 534 g/mol. The maximum absolute atomic E-state index is 5.20. The fraction of sp³-hybridized carbons (Fsp3) is 0.207. The predicted octanol–water partition coefficient (Wildman–Crippen LogP) is 7.32. The van der Waals surface area contributed by atoms with Crippen molar-refractivity contribution in [3.63, 3.8) is 0 Å². The molecule has 0 aliphatic heterocycles. The molecule has 1 heterocycles. The number of hydrogen-bond donors (Lipinski definition) is 0. The first-order valence-electron chi connectivity index (χ1n) is 11.7. The van der Waals surface area contributed by atoms with Crippen LogP contribution in [0.3, 0.4) is 0 Å². The molecule has 0 spiro atoms. The number of halogens is 1. The summed E-state index contributed by atoms with van der Waals surface area (Å²) in [6.07, 6.45) is 4.49. The standard InChI is InChI=1S/C29H28N2P.ClH.Zn/c1-4-11-23(12-5-1)27-20-19-24-13-10-18-28(29(24)31-27)30-21-22-32(25-14-6-2-7-15-25)26-16-8-3-9-17-26;;/h1-9,11-12,14-17,19-20,28H,10,13,18,21-22H2;1H;/q-1;;+2/p-1. The van der Waals surface area contributed by atoms with Gasteiger partial charge in [0.2, 0.25) is 0 Å². The van der Waals surface area contributed by atoms with Crippen molar-refractivity contribution in [2.75, 3.05) is 12.7 Å². The first-order valence-corrected chi connectivity index (χ1v) is 17.2. The number of pyridine rings is 1. The number of hydrogen-bond acceptors (Lipinski definition) is 1. The normalized spacial score (nSPS) is 14.8. The van der Waals surface area contributed by atoms with Crippen molar-refractivity contribution in [3.05, 3.63) is 120 Å². The van der Waals surface area contributed by atoms with Gasteiger partial charge in [0.1, 0.15) is 0 Å². The maximum Gasteiger partial charge on any atom is 0.0704 e. The van der Waals surface area contributed by atoms with Crippen molar-refractivity contribution in [2.45, 2.75) is 25.3 Å². The molecule has 2 nitrogen and oxygen atoms in total. The molecule has 0 fully saturated rings. The molecule has 0 radical (unpaired) electrons. The van der Waals surface area contributed by atoms with Crippen LogP contribution in [-0.4, -0.2) is 17.7 Å². The molecule has 1 aliphatic rings. The van der Waals surface area contributed by atoms with E-state index in [0.717, 1.165) is 48.6 Å². The minimum atomic E-state index is -0.402. The van der Waals surface area contributed by atoms with E-state index in [1.165, 1.54) is 33.9 Å². The molecule has 0 saturated carbocycles. The average molecular weight is 536 g/mol. The van der Waals surface area contributed by atoms with E-state index in [4.69, 9.17) is 20.0 Å². The van der Waals surface area contributed by atoms with Crippen LogP contribution in [-0.2, 0) is 23.7 Å². The summed E-state index contributed by atoms with van der Waals surface area (Å²) in [5, 5.41) is 8.06. The van der Waals surface area contributed by atoms with Gasteiger partial charge in [-0.25, -0.2) is 0 Å². The molecular weight excluding hydrogens is 508 g/mol. The molecule has 1 atom stereocenters. The number of aromatic nitrogens is 1. The number of nitrogens with zero attached hydrogens (tertiary/aromatic N) is 2. The molecular formula is C29H28ClN2PZn. The Hall–Kier alpha value is -1.89. The molecule has 168 valence electrons. The van der Waals surface area contributed by atoms with Crippen LogP contribution in [0.15, 0.2) is 103 Å². The topological polar surface area (TPSA) is 27.0 Å². The van der Waals surface area contributed by atoms with Gasteiger partial charge in [-0.15, -0.1) is 6.54 Å². The van der Waals surface area contributed by atoms with Gasteiger partial charge in [0.05, 0.1) is 5.69 Å². The number of fused-ring (bicyclic) bond motifs is 1. The van der Waals surface area contributed by atoms with Crippen LogP contribution in [0, 0.1) is 0 Å². The summed E-state index contributed by atoms with van der Waals surface area (Å²) in [6.45, 7) is 0.872. The first-order chi connectivity index (χ1) is 16.9. The fourth-order valence-corrected chi connectivity index (χ4v) is 6.70. The van der Waals surface area contributed by atoms with Gasteiger partial charge in [0, 0.05) is 11.3 Å². The van der Waals surface area contributed by atoms with Gasteiger partial charge in [0.15, 0.2) is 0 Å². The van der Waals surface area contributed by atoms with Crippen molar-refractivity contribution in [1.82, 2.24) is 4.98 Å². The molecule has 0 bridgehead atoms. The maximum atomic E-state index is 5.20. The van der Waals surface area contributed by atoms with Gasteiger partial charge in [0.25, 0.3) is 0 Å². The van der Waals surface area contributed by atoms with Crippen molar-refractivity contribution >= 4 is 28.2 Å². The zero-order chi connectivity index (χ0) is 23.6. The van der Waals surface area contributed by atoms with E-state index in [1.807, 2.05) is 0 Å². The minimum absolute atomic E-state index is 0.214. The number of aryl methyl sites for hydroxylation is 1. The first kappa shape index (κ1) is 25.2. The Morgan fingerprint density at radius 2 is 1.38 bits per heavy atom. The molecule has 5 heteroatoms. The SMILES string of the molecule is [Cl][Zn+].c1ccc(-c2ccc3c(n2)C([N-]CCP(c2ccccc2)c2ccccc2)CCC3)cc1. The zero-order valence-electron chi connectivity index (χ0n) is 19.4. The molecule has 0 saturated heterocycles. The summed E-state index contributed by atoms with van der Waals surface area (Å²) in [4.78, 5) is 5.09. The number of benzene rings is 3. The van der Waals surface area contributed by atoms with E-state index in [1.54, 1.807) is 0 Å². The Morgan fingerprint density at radius 1 is 0.794 bits per heavy atom. The molecule has 1 unspecified atom stereocenters. The smallest absolute Gasteiger partial charge is 0.0704 e. The van der Waals surface area contributed by atoms with Crippen LogP contribution in [0.1, 0.15) is 30.1 Å². The van der Waals surface area contributed by atoms with Crippen LogP contribution in [0.2, 0.25) is 0 Å². The van der Waals surface area contributed by atoms with E-state index in [-0.39, 0.29) is 6.04 Å². The third kappa shape index (κ3) is 6.41. The van der Waals surface area contributed by atoms with Gasteiger partial charge >= 0.3 is 27.0 Å². The molecule has 5 rings (SSSR count). The second-order valence-electron chi connectivity index (χ2n) is 8.24. The van der Waals surface area contributed by atoms with Gasteiger partial charge in [-0.2, -0.15) is 0 Å².